The second-order valence-corrected chi connectivity index (χ2v) is 3.79. The molecule has 0 aliphatic rings. The van der Waals surface area contributed by atoms with Crippen LogP contribution in [0.2, 0.25) is 0 Å². The molecule has 7 heteroatoms. The van der Waals surface area contributed by atoms with E-state index in [0.29, 0.717) is 4.47 Å². The highest BCUT2D eigenvalue weighted by Gasteiger charge is 2.40. The maximum atomic E-state index is 13.1. The number of alkyl halides is 2. The number of ether oxygens (including phenoxy) is 1. The lowest BCUT2D eigenvalue weighted by Gasteiger charge is -2.12. The molecule has 1 rings (SSSR count). The number of carboxylic acids is 1. The summed E-state index contributed by atoms with van der Waals surface area (Å²) in [7, 11) is 0. The predicted octanol–water partition coefficient (Wildman–Crippen LogP) is 2.69. The number of carbonyl (C=O) groups is 1. The van der Waals surface area contributed by atoms with E-state index in [1.54, 1.807) is 0 Å². The summed E-state index contributed by atoms with van der Waals surface area (Å²) in [4.78, 5) is 10.1. The van der Waals surface area contributed by atoms with Crippen LogP contribution in [0, 0.1) is 5.82 Å². The number of hydrogen-bond acceptors (Lipinski definition) is 2. The Morgan fingerprint density at radius 1 is 1.50 bits per heavy atom. The van der Waals surface area contributed by atoms with E-state index < -0.39 is 30.1 Å². The molecule has 88 valence electrons. The summed E-state index contributed by atoms with van der Waals surface area (Å²) in [5, 5.41) is 8.10. The third-order valence-electron chi connectivity index (χ3n) is 1.62. The van der Waals surface area contributed by atoms with E-state index in [2.05, 4.69) is 20.7 Å². The highest BCUT2D eigenvalue weighted by Crippen LogP contribution is 2.23. The van der Waals surface area contributed by atoms with Crippen molar-refractivity contribution in [2.24, 2.45) is 0 Å². The average molecular weight is 299 g/mol. The first-order valence-electron chi connectivity index (χ1n) is 4.02. The van der Waals surface area contributed by atoms with Gasteiger partial charge in [-0.25, -0.2) is 9.18 Å². The van der Waals surface area contributed by atoms with Gasteiger partial charge in [-0.05, 0) is 18.2 Å². The van der Waals surface area contributed by atoms with Gasteiger partial charge >= 0.3 is 11.9 Å². The van der Waals surface area contributed by atoms with Crippen molar-refractivity contribution in [3.8, 4) is 5.75 Å². The molecule has 0 aliphatic carbocycles. The zero-order valence-corrected chi connectivity index (χ0v) is 9.30. The monoisotopic (exact) mass is 298 g/mol. The van der Waals surface area contributed by atoms with Crippen LogP contribution in [-0.2, 0) is 4.79 Å². The minimum atomic E-state index is -4.04. The standard InChI is InChI=1S/C9H6BrF3O3/c10-5-1-2-7(6(11)3-5)16-4-9(12,13)8(14)15/h1-3H,4H2,(H,14,15). The van der Waals surface area contributed by atoms with Gasteiger partial charge in [-0.3, -0.25) is 0 Å². The van der Waals surface area contributed by atoms with Gasteiger partial charge in [0.1, 0.15) is 0 Å². The van der Waals surface area contributed by atoms with Crippen LogP contribution in [0.4, 0.5) is 13.2 Å². The lowest BCUT2D eigenvalue weighted by atomic mass is 10.3. The van der Waals surface area contributed by atoms with E-state index in [0.717, 1.165) is 12.1 Å². The second-order valence-electron chi connectivity index (χ2n) is 2.87. The Balaban J connectivity index is 2.72. The second kappa shape index (κ2) is 4.73. The van der Waals surface area contributed by atoms with Crippen LogP contribution in [0.15, 0.2) is 22.7 Å². The van der Waals surface area contributed by atoms with E-state index in [1.807, 2.05) is 0 Å². The first kappa shape index (κ1) is 12.8. The van der Waals surface area contributed by atoms with Gasteiger partial charge in [0.25, 0.3) is 0 Å². The summed E-state index contributed by atoms with van der Waals surface area (Å²) in [5.41, 5.74) is 0. The molecule has 1 aromatic carbocycles. The molecule has 0 aliphatic heterocycles. The molecule has 0 unspecified atom stereocenters. The summed E-state index contributed by atoms with van der Waals surface area (Å²) in [6.45, 7) is -1.42. The molecule has 16 heavy (non-hydrogen) atoms. The molecule has 0 spiro atoms. The van der Waals surface area contributed by atoms with Crippen molar-refractivity contribution in [3.05, 3.63) is 28.5 Å². The van der Waals surface area contributed by atoms with Gasteiger partial charge in [-0.2, -0.15) is 8.78 Å². The molecule has 0 radical (unpaired) electrons. The van der Waals surface area contributed by atoms with E-state index in [-0.39, 0.29) is 0 Å². The zero-order chi connectivity index (χ0) is 12.3. The van der Waals surface area contributed by atoms with Crippen LogP contribution in [-0.4, -0.2) is 23.6 Å². The largest absolute Gasteiger partial charge is 0.484 e. The highest BCUT2D eigenvalue weighted by molar-refractivity contribution is 9.10. The maximum absolute atomic E-state index is 13.1. The third kappa shape index (κ3) is 3.13. The van der Waals surface area contributed by atoms with Crippen LogP contribution in [0.5, 0.6) is 5.75 Å². The molecule has 0 aromatic heterocycles. The summed E-state index contributed by atoms with van der Waals surface area (Å²) in [6, 6.07) is 3.53. The Kier molecular flexibility index (Phi) is 3.79. The zero-order valence-electron chi connectivity index (χ0n) is 7.71. The molecule has 1 N–H and O–H groups in total. The normalized spacial score (nSPS) is 11.2. The van der Waals surface area contributed by atoms with Gasteiger partial charge in [0.2, 0.25) is 0 Å². The van der Waals surface area contributed by atoms with E-state index in [4.69, 9.17) is 5.11 Å². The van der Waals surface area contributed by atoms with Crippen molar-refractivity contribution in [1.82, 2.24) is 0 Å². The van der Waals surface area contributed by atoms with Gasteiger partial charge in [-0.1, -0.05) is 15.9 Å². The molecule has 3 nitrogen and oxygen atoms in total. The number of aliphatic carboxylic acids is 1. The smallest absolute Gasteiger partial charge is 0.378 e. The average Bonchev–Trinajstić information content (AvgIpc) is 2.16. The number of benzene rings is 1. The Morgan fingerprint density at radius 2 is 2.12 bits per heavy atom. The molecule has 0 atom stereocenters. The SMILES string of the molecule is O=C(O)C(F)(F)COc1ccc(Br)cc1F. The molecule has 0 saturated heterocycles. The van der Waals surface area contributed by atoms with Crippen molar-refractivity contribution in [2.45, 2.75) is 5.92 Å². The lowest BCUT2D eigenvalue weighted by molar-refractivity contribution is -0.168. The first-order chi connectivity index (χ1) is 7.33. The van der Waals surface area contributed by atoms with Crippen LogP contribution >= 0.6 is 15.9 Å². The van der Waals surface area contributed by atoms with Gasteiger partial charge in [0.15, 0.2) is 18.2 Å². The minimum absolute atomic E-state index is 0.419. The van der Waals surface area contributed by atoms with Crippen LogP contribution in [0.1, 0.15) is 0 Å². The van der Waals surface area contributed by atoms with Crippen LogP contribution in [0.3, 0.4) is 0 Å². The van der Waals surface area contributed by atoms with Crippen LogP contribution < -0.4 is 4.74 Å². The Hall–Kier alpha value is -1.24. The summed E-state index contributed by atoms with van der Waals surface area (Å²) in [5.74, 6) is -7.64. The number of hydrogen-bond donors (Lipinski definition) is 1. The molecule has 0 heterocycles. The van der Waals surface area contributed by atoms with Gasteiger partial charge in [0, 0.05) is 4.47 Å². The van der Waals surface area contributed by atoms with E-state index in [1.165, 1.54) is 6.07 Å². The van der Waals surface area contributed by atoms with Crippen molar-refractivity contribution >= 4 is 21.9 Å². The maximum Gasteiger partial charge on any atom is 0.378 e. The van der Waals surface area contributed by atoms with Gasteiger partial charge in [-0.15, -0.1) is 0 Å². The summed E-state index contributed by atoms with van der Waals surface area (Å²) >= 11 is 2.97. The van der Waals surface area contributed by atoms with Crippen molar-refractivity contribution in [2.75, 3.05) is 6.61 Å². The molecular weight excluding hydrogens is 293 g/mol. The predicted molar refractivity (Wildman–Crippen MR) is 52.2 cm³/mol. The lowest BCUT2D eigenvalue weighted by Crippen LogP contribution is -2.35. The van der Waals surface area contributed by atoms with Crippen LogP contribution in [0.25, 0.3) is 0 Å². The Bertz CT molecular complexity index is 409. The molecule has 0 fully saturated rings. The quantitative estimate of drug-likeness (QED) is 0.930. The first-order valence-corrected chi connectivity index (χ1v) is 4.81. The number of rotatable bonds is 4. The van der Waals surface area contributed by atoms with Crippen molar-refractivity contribution < 1.29 is 27.8 Å². The molecular formula is C9H6BrF3O3. The third-order valence-corrected chi connectivity index (χ3v) is 2.11. The molecule has 0 saturated carbocycles. The minimum Gasteiger partial charge on any atom is -0.484 e. The molecule has 0 amide bonds. The fraction of sp³-hybridized carbons (Fsp3) is 0.222. The fourth-order valence-corrected chi connectivity index (χ4v) is 1.16. The fourth-order valence-electron chi connectivity index (χ4n) is 0.822. The summed E-state index contributed by atoms with van der Waals surface area (Å²) in [6.07, 6.45) is 0. The number of carboxylic acid groups (broad SMARTS) is 1. The van der Waals surface area contributed by atoms with Gasteiger partial charge in [0.05, 0.1) is 0 Å². The number of halogens is 4. The molecule has 0 bridgehead atoms. The van der Waals surface area contributed by atoms with Gasteiger partial charge < -0.3 is 9.84 Å². The van der Waals surface area contributed by atoms with E-state index in [9.17, 15) is 18.0 Å². The topological polar surface area (TPSA) is 46.5 Å². The Morgan fingerprint density at radius 3 is 2.62 bits per heavy atom. The van der Waals surface area contributed by atoms with E-state index >= 15 is 0 Å². The summed E-state index contributed by atoms with van der Waals surface area (Å²) < 4.78 is 43.1. The molecule has 1 aromatic rings. The van der Waals surface area contributed by atoms with Crippen molar-refractivity contribution in [3.63, 3.8) is 0 Å². The Labute approximate surface area is 97.0 Å². The van der Waals surface area contributed by atoms with Crippen molar-refractivity contribution in [1.29, 1.82) is 0 Å². The highest BCUT2D eigenvalue weighted by atomic mass is 79.9.